The monoisotopic (exact) mass is 1020 g/mol. The summed E-state index contributed by atoms with van der Waals surface area (Å²) in [5.74, 6) is -4.03. The molecule has 0 saturated heterocycles. The van der Waals surface area contributed by atoms with Gasteiger partial charge in [0.2, 0.25) is 43.7 Å². The molecule has 0 radical (unpaired) electrons. The molecule has 28 heteroatoms. The van der Waals surface area contributed by atoms with E-state index >= 15 is 0 Å². The van der Waals surface area contributed by atoms with Crippen LogP contribution in [0.5, 0.6) is 11.8 Å². The Bertz CT molecular complexity index is 2840. The van der Waals surface area contributed by atoms with E-state index in [4.69, 9.17) is 35.9 Å². The summed E-state index contributed by atoms with van der Waals surface area (Å²) in [6.07, 6.45) is 4.90. The minimum atomic E-state index is -3.86. The van der Waals surface area contributed by atoms with Crippen molar-refractivity contribution in [1.29, 1.82) is 0 Å². The number of carboxylic acid groups (broad SMARTS) is 1. The molecule has 0 spiro atoms. The Balaban J connectivity index is 0.000000246. The fourth-order valence-electron chi connectivity index (χ4n) is 6.18. The number of aromatic nitrogens is 4. The van der Waals surface area contributed by atoms with E-state index in [9.17, 15) is 40.0 Å². The zero-order valence-electron chi connectivity index (χ0n) is 39.3. The van der Waals surface area contributed by atoms with Gasteiger partial charge in [-0.05, 0) is 77.4 Å². The molecular weight excluding hydrogens is 967 g/mol. The van der Waals surface area contributed by atoms with Crippen LogP contribution in [0.2, 0.25) is 0 Å². The van der Waals surface area contributed by atoms with Crippen LogP contribution in [-0.4, -0.2) is 137 Å². The number of aliphatic hydroxyl groups excluding tert-OH is 1. The highest BCUT2D eigenvalue weighted by Crippen LogP contribution is 2.36. The number of nitrogens with zero attached hydrogens (tertiary/aromatic N) is 8. The number of guanidine groups is 2. The summed E-state index contributed by atoms with van der Waals surface area (Å²) in [6.45, 7) is 10.3. The van der Waals surface area contributed by atoms with E-state index in [0.29, 0.717) is 12.5 Å². The van der Waals surface area contributed by atoms with Gasteiger partial charge in [0.25, 0.3) is 5.91 Å². The molecule has 0 aliphatic carbocycles. The van der Waals surface area contributed by atoms with Crippen molar-refractivity contribution in [1.82, 2.24) is 33.9 Å². The molecule has 2 aromatic carbocycles. The lowest BCUT2D eigenvalue weighted by Crippen LogP contribution is -2.54. The smallest absolute Gasteiger partial charge is 0.414 e. The molecule has 4 heterocycles. The Morgan fingerprint density at radius 1 is 0.771 bits per heavy atom. The second-order valence-corrected chi connectivity index (χ2v) is 20.6. The molecule has 70 heavy (non-hydrogen) atoms. The maximum atomic E-state index is 14.6. The van der Waals surface area contributed by atoms with Gasteiger partial charge in [-0.1, -0.05) is 6.92 Å². The van der Waals surface area contributed by atoms with Gasteiger partial charge in [0.05, 0.1) is 49.5 Å². The first-order valence-electron chi connectivity index (χ1n) is 20.8. The number of carboxylic acids is 1. The van der Waals surface area contributed by atoms with Crippen molar-refractivity contribution < 1.29 is 64.4 Å². The van der Waals surface area contributed by atoms with Gasteiger partial charge >= 0.3 is 12.1 Å². The highest BCUT2D eigenvalue weighted by Gasteiger charge is 2.44. The number of nitrogen functional groups attached to an aromatic ring is 1. The number of nitrogens with one attached hydrogen (secondary N) is 2. The van der Waals surface area contributed by atoms with E-state index in [1.165, 1.54) is 77.0 Å². The molecule has 2 aliphatic rings. The van der Waals surface area contributed by atoms with Gasteiger partial charge in [-0.3, -0.25) is 10.1 Å². The second kappa shape index (κ2) is 22.4. The summed E-state index contributed by atoms with van der Waals surface area (Å²) in [6, 6.07) is 7.58. The number of aliphatic hydroxyl groups is 1. The summed E-state index contributed by atoms with van der Waals surface area (Å²) in [5.41, 5.74) is 8.06. The first kappa shape index (κ1) is 55.3. The van der Waals surface area contributed by atoms with Gasteiger partial charge in [0, 0.05) is 36.6 Å². The van der Waals surface area contributed by atoms with Crippen LogP contribution >= 0.6 is 0 Å². The topological polar surface area (TPSA) is 346 Å². The summed E-state index contributed by atoms with van der Waals surface area (Å²) < 4.78 is 95.7. The van der Waals surface area contributed by atoms with Gasteiger partial charge < -0.3 is 41.2 Å². The highest BCUT2D eigenvalue weighted by atomic mass is 32.2. The molecule has 0 fully saturated rings. The lowest BCUT2D eigenvalue weighted by Gasteiger charge is -2.36. The number of sulfonamides is 2. The maximum absolute atomic E-state index is 14.6. The van der Waals surface area contributed by atoms with Crippen LogP contribution < -0.4 is 31.6 Å². The third-order valence-electron chi connectivity index (χ3n) is 9.59. The quantitative estimate of drug-likeness (QED) is 0.118. The largest absolute Gasteiger partial charge is 0.477 e. The second-order valence-electron chi connectivity index (χ2n) is 16.6. The Labute approximate surface area is 402 Å². The van der Waals surface area contributed by atoms with Crippen molar-refractivity contribution in [2.75, 3.05) is 56.5 Å². The number of carbonyl (C=O) groups is 3. The average Bonchev–Trinajstić information content (AvgIpc) is 3.27. The third kappa shape index (κ3) is 14.6. The lowest BCUT2D eigenvalue weighted by molar-refractivity contribution is 0.0557. The summed E-state index contributed by atoms with van der Waals surface area (Å²) >= 11 is 0. The number of carbonyl (C=O) groups excluding carboxylic acids is 2. The molecule has 24 nitrogen and oxygen atoms in total. The highest BCUT2D eigenvalue weighted by molar-refractivity contribution is 7.90. The first-order chi connectivity index (χ1) is 32.5. The van der Waals surface area contributed by atoms with Crippen LogP contribution in [0.4, 0.5) is 25.0 Å². The van der Waals surface area contributed by atoms with E-state index in [2.05, 4.69) is 40.6 Å². The van der Waals surface area contributed by atoms with Crippen LogP contribution in [0.1, 0.15) is 80.1 Å². The van der Waals surface area contributed by atoms with Crippen molar-refractivity contribution in [2.45, 2.75) is 64.6 Å². The van der Waals surface area contributed by atoms with Crippen LogP contribution in [0.25, 0.3) is 0 Å². The normalized spacial score (nSPS) is 19.1. The standard InChI is InChI=1S/C18H21FN6O5S.C16H23FN4O4S.C8H10N2O3/c1-18(10-31(28,29)25(2)17(20)24-18)12-7-11(3-4-13(12)19)23-16(27)14-8-22-15(9-21-14)30-6-5-26;1-15(2,3)25-14(22)19-13-20-16(4,9-26(23,24)21(13)5)11-8-10(18)6-7-12(11)17;1-2-3-13-7-5-9-6(4-10-7)8(11)12/h3-4,7-9,26H,5-6,10H2,1-2H3,(H2,20,24)(H,23,27);6-8H,9,18H2,1-5H3,(H,19,20,22);4-5H,2-3H2,1H3,(H,11,12)/t18-;16-;/m00./s1. The van der Waals surface area contributed by atoms with Gasteiger partial charge in [0.1, 0.15) is 40.6 Å². The molecule has 2 aliphatic heterocycles. The van der Waals surface area contributed by atoms with Crippen LogP contribution in [0.3, 0.4) is 0 Å². The number of anilines is 2. The summed E-state index contributed by atoms with van der Waals surface area (Å²) in [4.78, 5) is 58.6. The number of aliphatic imine (C=N–C) groups is 2. The van der Waals surface area contributed by atoms with Gasteiger partial charge in [0.15, 0.2) is 5.69 Å². The fourth-order valence-corrected chi connectivity index (χ4v) is 9.10. The number of ether oxygens (including phenoxy) is 3. The van der Waals surface area contributed by atoms with E-state index in [1.54, 1.807) is 20.8 Å². The number of rotatable bonds is 11. The number of nitrogens with two attached hydrogens (primary N) is 2. The molecule has 2 aromatic heterocycles. The van der Waals surface area contributed by atoms with E-state index in [-0.39, 0.29) is 64.9 Å². The Hall–Kier alpha value is -7.33. The molecule has 380 valence electrons. The first-order valence-corrected chi connectivity index (χ1v) is 24.0. The number of halogens is 2. The van der Waals surface area contributed by atoms with Crippen LogP contribution in [0, 0.1) is 11.6 Å². The average molecular weight is 1020 g/mol. The fraction of sp³-hybridized carbons (Fsp3) is 0.405. The predicted octanol–water partition coefficient (Wildman–Crippen LogP) is 2.79. The maximum Gasteiger partial charge on any atom is 0.414 e. The van der Waals surface area contributed by atoms with Gasteiger partial charge in [-0.15, -0.1) is 0 Å². The van der Waals surface area contributed by atoms with E-state index in [0.717, 1.165) is 27.2 Å². The molecule has 2 amide bonds. The van der Waals surface area contributed by atoms with E-state index < -0.39 is 77.8 Å². The summed E-state index contributed by atoms with van der Waals surface area (Å²) in [5, 5.41) is 22.1. The van der Waals surface area contributed by atoms with Crippen molar-refractivity contribution in [3.63, 3.8) is 0 Å². The SMILES string of the molecule is CCCOc1cnc(C(=O)O)cn1.CN1C(N)=N[C@](C)(c2cc(NC(=O)c3cnc(OCCO)cn3)ccc2F)CS1(=O)=O.CN1C(NC(=O)OC(C)(C)C)=N[C@](C)(c2cc(N)ccc2F)CS1(=O)=O. The summed E-state index contributed by atoms with van der Waals surface area (Å²) in [7, 11) is -5.14. The number of benzene rings is 2. The predicted molar refractivity (Wildman–Crippen MR) is 251 cm³/mol. The van der Waals surface area contributed by atoms with Crippen LogP contribution in [-0.2, 0) is 35.9 Å². The Morgan fingerprint density at radius 2 is 1.30 bits per heavy atom. The minimum Gasteiger partial charge on any atom is -0.477 e. The molecule has 0 saturated carbocycles. The molecule has 4 aromatic rings. The number of hydrogen-bond donors (Lipinski definition) is 6. The van der Waals surface area contributed by atoms with Crippen molar-refractivity contribution >= 4 is 61.3 Å². The number of hydrogen-bond acceptors (Lipinski definition) is 19. The molecule has 0 bridgehead atoms. The molecule has 6 rings (SSSR count). The minimum absolute atomic E-state index is 0.0256. The number of amides is 2. The molecular formula is C42H54F2N12O12S2. The van der Waals surface area contributed by atoms with Crippen molar-refractivity contribution in [2.24, 2.45) is 15.7 Å². The van der Waals surface area contributed by atoms with Crippen molar-refractivity contribution in [3.8, 4) is 11.8 Å². The lowest BCUT2D eigenvalue weighted by atomic mass is 9.93. The number of aromatic carboxylic acids is 1. The Morgan fingerprint density at radius 3 is 1.81 bits per heavy atom. The zero-order chi connectivity index (χ0) is 52.4. The Kier molecular flexibility index (Phi) is 17.7. The van der Waals surface area contributed by atoms with Gasteiger partial charge in [-0.2, -0.15) is 0 Å². The van der Waals surface area contributed by atoms with Gasteiger partial charge in [-0.25, -0.2) is 73.7 Å². The molecule has 8 N–H and O–H groups in total. The molecule has 0 unspecified atom stereocenters. The number of alkyl carbamates (subject to hydrolysis) is 1. The van der Waals surface area contributed by atoms with Crippen LogP contribution in [0.15, 0.2) is 71.2 Å². The third-order valence-corrected chi connectivity index (χ3v) is 13.5. The van der Waals surface area contributed by atoms with Crippen molar-refractivity contribution in [3.05, 3.63) is 95.3 Å². The van der Waals surface area contributed by atoms with E-state index in [1.807, 2.05) is 6.92 Å². The zero-order valence-corrected chi connectivity index (χ0v) is 40.9. The molecule has 2 atom stereocenters.